The zero-order chi connectivity index (χ0) is 40.8. The van der Waals surface area contributed by atoms with Crippen molar-refractivity contribution in [2.45, 2.75) is 25.4 Å². The maximum Gasteiger partial charge on any atom is 1.00 e. The molecule has 60 heavy (non-hydrogen) atoms. The van der Waals surface area contributed by atoms with E-state index in [0.29, 0.717) is 11.4 Å². The zero-order valence-corrected chi connectivity index (χ0v) is 35.5. The molecule has 1 aromatic heterocycles. The molecule has 1 aliphatic rings. The first-order valence-electron chi connectivity index (χ1n) is 19.2. The molecule has 9 rings (SSSR count). The fourth-order valence-electron chi connectivity index (χ4n) is 7.28. The van der Waals surface area contributed by atoms with Gasteiger partial charge in [-0.25, -0.2) is 0 Å². The summed E-state index contributed by atoms with van der Waals surface area (Å²) in [6.07, 6.45) is -1.19. The van der Waals surface area contributed by atoms with Crippen LogP contribution in [0, 0.1) is 0 Å². The van der Waals surface area contributed by atoms with Gasteiger partial charge < -0.3 is 9.72 Å². The molecule has 0 atom stereocenters. The SMILES string of the molecule is CC1(C)c2cccc(P(c3ccccc3)c3ccccc3)c2Oc2c(P(c3ccccc3)c3ccccc3)cccc21.FC(F)(F)c1ccc(N=Cc2ccc[n-]2)cc1.[Cu+]. The molecule has 0 aliphatic carbocycles. The van der Waals surface area contributed by atoms with Gasteiger partial charge in [0.1, 0.15) is 11.5 Å². The molecule has 2 heterocycles. The van der Waals surface area contributed by atoms with Gasteiger partial charge in [-0.2, -0.15) is 19.4 Å². The van der Waals surface area contributed by atoms with Crippen molar-refractivity contribution in [1.82, 2.24) is 4.98 Å². The third-order valence-corrected chi connectivity index (χ3v) is 15.1. The molecule has 1 aliphatic heterocycles. The predicted molar refractivity (Wildman–Crippen MR) is 241 cm³/mol. The Bertz CT molecular complexity index is 2430. The van der Waals surface area contributed by atoms with Crippen LogP contribution in [0.15, 0.2) is 205 Å². The van der Waals surface area contributed by atoms with E-state index in [2.05, 4.69) is 182 Å². The molecule has 0 saturated carbocycles. The van der Waals surface area contributed by atoms with Crippen molar-refractivity contribution in [3.8, 4) is 11.5 Å². The van der Waals surface area contributed by atoms with Crippen molar-refractivity contribution in [3.63, 3.8) is 0 Å². The Hall–Kier alpha value is -5.54. The van der Waals surface area contributed by atoms with E-state index in [1.165, 1.54) is 61.3 Å². The quantitative estimate of drug-likeness (QED) is 0.0866. The third kappa shape index (κ3) is 9.26. The Kier molecular flexibility index (Phi) is 13.3. The second-order valence-electron chi connectivity index (χ2n) is 14.4. The Morgan fingerprint density at radius 2 is 0.933 bits per heavy atom. The Balaban J connectivity index is 0.000000255. The zero-order valence-electron chi connectivity index (χ0n) is 32.8. The van der Waals surface area contributed by atoms with Gasteiger partial charge in [0.15, 0.2) is 0 Å². The number of para-hydroxylation sites is 2. The second-order valence-corrected chi connectivity index (χ2v) is 18.8. The smallest absolute Gasteiger partial charge is 0.663 e. The van der Waals surface area contributed by atoms with Crippen LogP contribution in [0.4, 0.5) is 18.9 Å². The first kappa shape index (κ1) is 42.6. The van der Waals surface area contributed by atoms with E-state index in [9.17, 15) is 13.2 Å². The average Bonchev–Trinajstić information content (AvgIpc) is 3.79. The van der Waals surface area contributed by atoms with Gasteiger partial charge in [-0.05, 0) is 61.3 Å². The molecular formula is C51H40CuF3N2OP2. The molecule has 0 spiro atoms. The number of nitrogens with zero attached hydrogens (tertiary/aromatic N) is 2. The summed E-state index contributed by atoms with van der Waals surface area (Å²) < 4.78 is 44.1. The number of halogens is 3. The van der Waals surface area contributed by atoms with Gasteiger partial charge in [-0.3, -0.25) is 4.99 Å². The Labute approximate surface area is 362 Å². The van der Waals surface area contributed by atoms with Gasteiger partial charge in [0.05, 0.1) is 11.3 Å². The van der Waals surface area contributed by atoms with Crippen LogP contribution in [0.3, 0.4) is 0 Å². The van der Waals surface area contributed by atoms with Crippen molar-refractivity contribution in [3.05, 3.63) is 223 Å². The summed E-state index contributed by atoms with van der Waals surface area (Å²) in [5.74, 6) is 2.02. The minimum Gasteiger partial charge on any atom is -0.663 e. The van der Waals surface area contributed by atoms with Gasteiger partial charge in [0.25, 0.3) is 0 Å². The molecule has 9 heteroatoms. The molecule has 0 fully saturated rings. The van der Waals surface area contributed by atoms with Crippen LogP contribution in [0.2, 0.25) is 0 Å². The number of benzene rings is 7. The summed E-state index contributed by atoms with van der Waals surface area (Å²) in [5.41, 5.74) is 2.71. The van der Waals surface area contributed by atoms with E-state index in [4.69, 9.17) is 4.74 Å². The van der Waals surface area contributed by atoms with Gasteiger partial charge in [-0.1, -0.05) is 184 Å². The molecule has 0 unspecified atom stereocenters. The van der Waals surface area contributed by atoms with Crippen LogP contribution in [0.1, 0.15) is 36.2 Å². The molecule has 0 N–H and O–H groups in total. The Morgan fingerprint density at radius 3 is 1.30 bits per heavy atom. The average molecular weight is 879 g/mol. The number of aromatic nitrogens is 1. The van der Waals surface area contributed by atoms with Gasteiger partial charge in [0, 0.05) is 33.4 Å². The van der Waals surface area contributed by atoms with E-state index in [1.807, 2.05) is 0 Å². The fourth-order valence-corrected chi connectivity index (χ4v) is 12.1. The Morgan fingerprint density at radius 1 is 0.517 bits per heavy atom. The van der Waals surface area contributed by atoms with Crippen LogP contribution < -0.4 is 41.5 Å². The number of alkyl halides is 3. The van der Waals surface area contributed by atoms with E-state index in [1.54, 1.807) is 18.3 Å². The van der Waals surface area contributed by atoms with E-state index in [-0.39, 0.29) is 22.5 Å². The van der Waals surface area contributed by atoms with Crippen molar-refractivity contribution in [2.75, 3.05) is 0 Å². The first-order chi connectivity index (χ1) is 28.7. The predicted octanol–water partition coefficient (Wildman–Crippen LogP) is 11.0. The van der Waals surface area contributed by atoms with Crippen LogP contribution in [0.5, 0.6) is 11.5 Å². The van der Waals surface area contributed by atoms with Crippen LogP contribution in [0.25, 0.3) is 0 Å². The molecule has 0 bridgehead atoms. The van der Waals surface area contributed by atoms with E-state index < -0.39 is 27.6 Å². The van der Waals surface area contributed by atoms with Crippen molar-refractivity contribution in [1.29, 1.82) is 0 Å². The molecule has 8 aromatic rings. The molecule has 3 nitrogen and oxygen atoms in total. The van der Waals surface area contributed by atoms with Crippen LogP contribution in [-0.4, -0.2) is 6.21 Å². The van der Waals surface area contributed by atoms with Crippen LogP contribution in [-0.2, 0) is 28.7 Å². The minimum absolute atomic E-state index is 0. The van der Waals surface area contributed by atoms with Crippen LogP contribution >= 0.6 is 15.8 Å². The number of rotatable bonds is 8. The summed E-state index contributed by atoms with van der Waals surface area (Å²) in [4.78, 5) is 7.98. The largest absolute Gasteiger partial charge is 1.00 e. The van der Waals surface area contributed by atoms with E-state index >= 15 is 0 Å². The standard InChI is InChI=1S/C39H32OP2.C12H8F3N2.Cu/c1-39(2)33-25-15-27-35(41(29-17-7-3-8-18-29)30-19-9-4-10-20-30)37(33)40-38-34(39)26-16-28-36(38)42(31-21-11-5-12-22-31)32-23-13-6-14-24-32;13-12(14,15)9-3-5-10(6-4-9)17-8-11-2-1-7-16-11;/h3-28H,1-2H3;1-8H;/q;-1;+1. The summed E-state index contributed by atoms with van der Waals surface area (Å²) in [6, 6.07) is 65.3. The number of aliphatic imine (C=N–C) groups is 1. The molecular weight excluding hydrogens is 839 g/mol. The molecule has 7 aromatic carbocycles. The number of hydrogen-bond acceptors (Lipinski definition) is 2. The number of ether oxygens (including phenoxy) is 1. The van der Waals surface area contributed by atoms with Gasteiger partial charge >= 0.3 is 23.2 Å². The molecule has 0 amide bonds. The summed E-state index contributed by atoms with van der Waals surface area (Å²) in [7, 11) is -1.65. The number of fused-ring (bicyclic) bond motifs is 2. The molecule has 302 valence electrons. The fraction of sp³-hybridized carbons (Fsp3) is 0.0784. The maximum atomic E-state index is 12.3. The molecule has 0 saturated heterocycles. The van der Waals surface area contributed by atoms with Gasteiger partial charge in [0.2, 0.25) is 0 Å². The summed E-state index contributed by atoms with van der Waals surface area (Å²) in [5, 5.41) is 7.81. The van der Waals surface area contributed by atoms with E-state index in [0.717, 1.165) is 23.6 Å². The molecule has 0 radical (unpaired) electrons. The maximum absolute atomic E-state index is 12.3. The first-order valence-corrected chi connectivity index (χ1v) is 21.9. The van der Waals surface area contributed by atoms with Gasteiger partial charge in [-0.15, -0.1) is 5.69 Å². The minimum atomic E-state index is -4.31. The normalized spacial score (nSPS) is 12.8. The van der Waals surface area contributed by atoms with Crippen molar-refractivity contribution in [2.24, 2.45) is 4.99 Å². The topological polar surface area (TPSA) is 35.7 Å². The third-order valence-electron chi connectivity index (χ3n) is 10.2. The second kappa shape index (κ2) is 18.8. The summed E-state index contributed by atoms with van der Waals surface area (Å²) in [6.45, 7) is 4.70. The monoisotopic (exact) mass is 878 g/mol. The van der Waals surface area contributed by atoms with Crippen molar-refractivity contribution < 1.29 is 35.0 Å². The number of hydrogen-bond donors (Lipinski definition) is 0. The van der Waals surface area contributed by atoms with Crippen molar-refractivity contribution >= 4 is 59.6 Å². The summed E-state index contributed by atoms with van der Waals surface area (Å²) >= 11 is 0.